The monoisotopic (exact) mass is 504 g/mol. The molecule has 35 heavy (non-hydrogen) atoms. The molecular formula is C25H26F2N2O5S. The lowest BCUT2D eigenvalue weighted by Crippen LogP contribution is -2.30. The van der Waals surface area contributed by atoms with Gasteiger partial charge in [0.2, 0.25) is 0 Å². The minimum Gasteiger partial charge on any atom is -0.435 e. The Morgan fingerprint density at radius 3 is 2.57 bits per heavy atom. The fourth-order valence-corrected chi connectivity index (χ4v) is 7.40. The van der Waals surface area contributed by atoms with Gasteiger partial charge in [-0.2, -0.15) is 8.78 Å². The Morgan fingerprint density at radius 1 is 1.17 bits per heavy atom. The van der Waals surface area contributed by atoms with Crippen LogP contribution in [0.4, 0.5) is 8.78 Å². The molecule has 0 bridgehead atoms. The first-order valence-corrected chi connectivity index (χ1v) is 13.4. The van der Waals surface area contributed by atoms with Gasteiger partial charge in [0.1, 0.15) is 5.75 Å². The molecule has 1 aliphatic heterocycles. The van der Waals surface area contributed by atoms with Gasteiger partial charge in [0.05, 0.1) is 28.2 Å². The van der Waals surface area contributed by atoms with Crippen molar-refractivity contribution in [2.24, 2.45) is 5.41 Å². The van der Waals surface area contributed by atoms with Crippen LogP contribution in [0.1, 0.15) is 55.4 Å². The van der Waals surface area contributed by atoms with Gasteiger partial charge in [-0.05, 0) is 61.4 Å². The molecule has 0 spiro atoms. The van der Waals surface area contributed by atoms with Crippen molar-refractivity contribution in [3.8, 4) is 11.4 Å². The second kappa shape index (κ2) is 8.58. The summed E-state index contributed by atoms with van der Waals surface area (Å²) < 4.78 is 57.0. The fourth-order valence-electron chi connectivity index (χ4n) is 5.15. The third kappa shape index (κ3) is 4.51. The highest BCUT2D eigenvalue weighted by Gasteiger charge is 2.40. The second-order valence-corrected chi connectivity index (χ2v) is 12.1. The molecule has 186 valence electrons. The van der Waals surface area contributed by atoms with Crippen molar-refractivity contribution in [3.63, 3.8) is 0 Å². The molecule has 0 radical (unpaired) electrons. The van der Waals surface area contributed by atoms with E-state index >= 15 is 0 Å². The number of sulfone groups is 1. The standard InChI is InChI=1S/C25H26F2N2O5S/c1-25(10-11-35(32,33)15-25)14-22(30)16-8-9-20-21(12-16)28(17-4-2-5-17)24(31)29(20)18-6-3-7-19(13-18)34-23(26)27/h3,6-9,12-13,17,23H,2,4-5,10-11,14-15H2,1H3/t25-/m0/s1. The highest BCUT2D eigenvalue weighted by molar-refractivity contribution is 7.91. The zero-order chi connectivity index (χ0) is 25.0. The van der Waals surface area contributed by atoms with Gasteiger partial charge in [0.25, 0.3) is 0 Å². The molecule has 0 N–H and O–H groups in total. The number of aromatic nitrogens is 2. The maximum atomic E-state index is 13.5. The fraction of sp³-hybridized carbons (Fsp3) is 0.440. The molecule has 5 rings (SSSR count). The predicted octanol–water partition coefficient (Wildman–Crippen LogP) is 4.52. The quantitative estimate of drug-likeness (QED) is 0.442. The van der Waals surface area contributed by atoms with Gasteiger partial charge in [0, 0.05) is 24.1 Å². The van der Waals surface area contributed by atoms with Gasteiger partial charge in [-0.3, -0.25) is 13.9 Å². The number of benzene rings is 2. The number of hydrogen-bond acceptors (Lipinski definition) is 5. The van der Waals surface area contributed by atoms with Gasteiger partial charge in [-0.25, -0.2) is 13.2 Å². The SMILES string of the molecule is C[C@@]1(CC(=O)c2ccc3c(c2)n(C2CCC2)c(=O)n3-c2cccc(OC(F)F)c2)CCS(=O)(=O)C1. The Balaban J connectivity index is 1.57. The van der Waals surface area contributed by atoms with Gasteiger partial charge in [-0.1, -0.05) is 13.0 Å². The first kappa shape index (κ1) is 23.7. The van der Waals surface area contributed by atoms with Crippen molar-refractivity contribution in [1.29, 1.82) is 0 Å². The van der Waals surface area contributed by atoms with Gasteiger partial charge in [-0.15, -0.1) is 0 Å². The largest absolute Gasteiger partial charge is 0.435 e. The van der Waals surface area contributed by atoms with E-state index < -0.39 is 21.9 Å². The van der Waals surface area contributed by atoms with Crippen molar-refractivity contribution in [2.45, 2.75) is 51.7 Å². The smallest absolute Gasteiger partial charge is 0.387 e. The van der Waals surface area contributed by atoms with E-state index in [9.17, 15) is 26.8 Å². The molecule has 2 fully saturated rings. The summed E-state index contributed by atoms with van der Waals surface area (Å²) in [4.78, 5) is 26.7. The van der Waals surface area contributed by atoms with Crippen molar-refractivity contribution in [3.05, 3.63) is 58.5 Å². The first-order valence-electron chi connectivity index (χ1n) is 11.6. The molecule has 0 unspecified atom stereocenters. The highest BCUT2D eigenvalue weighted by Crippen LogP contribution is 2.37. The molecule has 1 aliphatic carbocycles. The minimum atomic E-state index is -3.13. The average Bonchev–Trinajstić information content (AvgIpc) is 3.18. The number of carbonyl (C=O) groups is 1. The van der Waals surface area contributed by atoms with Crippen LogP contribution in [-0.4, -0.2) is 41.5 Å². The molecular weight excluding hydrogens is 478 g/mol. The summed E-state index contributed by atoms with van der Waals surface area (Å²) >= 11 is 0. The lowest BCUT2D eigenvalue weighted by atomic mass is 9.83. The molecule has 10 heteroatoms. The lowest BCUT2D eigenvalue weighted by molar-refractivity contribution is -0.0498. The number of nitrogens with zero attached hydrogens (tertiary/aromatic N) is 2. The number of carbonyl (C=O) groups excluding carboxylic acids is 1. The Morgan fingerprint density at radius 2 is 1.94 bits per heavy atom. The Kier molecular flexibility index (Phi) is 5.82. The summed E-state index contributed by atoms with van der Waals surface area (Å²) in [5.41, 5.74) is 1.05. The first-order chi connectivity index (χ1) is 16.6. The molecule has 1 saturated heterocycles. The van der Waals surface area contributed by atoms with Crippen LogP contribution in [0.5, 0.6) is 5.75 Å². The summed E-state index contributed by atoms with van der Waals surface area (Å²) in [6, 6.07) is 11.0. The summed E-state index contributed by atoms with van der Waals surface area (Å²) in [5, 5.41) is 0. The third-order valence-electron chi connectivity index (χ3n) is 7.11. The summed E-state index contributed by atoms with van der Waals surface area (Å²) in [5.74, 6) is -0.137. The molecule has 2 aromatic carbocycles. The molecule has 1 atom stereocenters. The molecule has 1 saturated carbocycles. The topological polar surface area (TPSA) is 87.4 Å². The Labute approximate surface area is 201 Å². The van der Waals surface area contributed by atoms with Crippen molar-refractivity contribution >= 4 is 26.7 Å². The second-order valence-electron chi connectivity index (χ2n) is 9.90. The van der Waals surface area contributed by atoms with E-state index in [1.54, 1.807) is 34.9 Å². The number of fused-ring (bicyclic) bond motifs is 1. The molecule has 0 amide bonds. The number of halogens is 2. The number of hydrogen-bond donors (Lipinski definition) is 0. The molecule has 2 aliphatic rings. The number of Topliss-reactive ketones (excluding diaryl/α,β-unsaturated/α-hetero) is 1. The van der Waals surface area contributed by atoms with Crippen LogP contribution in [-0.2, 0) is 9.84 Å². The third-order valence-corrected chi connectivity index (χ3v) is 9.07. The maximum Gasteiger partial charge on any atom is 0.387 e. The summed E-state index contributed by atoms with van der Waals surface area (Å²) in [6.45, 7) is -1.16. The normalized spacial score (nSPS) is 21.9. The lowest BCUT2D eigenvalue weighted by Gasteiger charge is -2.26. The van der Waals surface area contributed by atoms with Crippen LogP contribution in [0.3, 0.4) is 0 Å². The predicted molar refractivity (Wildman–Crippen MR) is 127 cm³/mol. The van der Waals surface area contributed by atoms with E-state index in [-0.39, 0.29) is 41.2 Å². The van der Waals surface area contributed by atoms with Crippen LogP contribution in [0, 0.1) is 5.41 Å². The van der Waals surface area contributed by atoms with E-state index in [1.807, 2.05) is 6.92 Å². The number of ether oxygens (including phenoxy) is 1. The maximum absolute atomic E-state index is 13.5. The number of rotatable bonds is 7. The van der Waals surface area contributed by atoms with E-state index in [2.05, 4.69) is 4.74 Å². The van der Waals surface area contributed by atoms with Crippen LogP contribution in [0.25, 0.3) is 16.7 Å². The summed E-state index contributed by atoms with van der Waals surface area (Å²) in [6.07, 6.45) is 3.22. The van der Waals surface area contributed by atoms with E-state index in [0.29, 0.717) is 28.7 Å². The van der Waals surface area contributed by atoms with Crippen LogP contribution in [0.2, 0.25) is 0 Å². The Bertz CT molecular complexity index is 1470. The van der Waals surface area contributed by atoms with E-state index in [0.717, 1.165) is 19.3 Å². The van der Waals surface area contributed by atoms with Crippen LogP contribution < -0.4 is 10.4 Å². The molecule has 1 aromatic heterocycles. The average molecular weight is 505 g/mol. The molecule has 3 aromatic rings. The van der Waals surface area contributed by atoms with Crippen LogP contribution in [0.15, 0.2) is 47.3 Å². The van der Waals surface area contributed by atoms with Crippen LogP contribution >= 0.6 is 0 Å². The van der Waals surface area contributed by atoms with Gasteiger partial charge < -0.3 is 4.74 Å². The van der Waals surface area contributed by atoms with E-state index in [1.165, 1.54) is 16.7 Å². The molecule has 7 nitrogen and oxygen atoms in total. The highest BCUT2D eigenvalue weighted by atomic mass is 32.2. The zero-order valence-electron chi connectivity index (χ0n) is 19.2. The minimum absolute atomic E-state index is 0.00501. The molecule has 2 heterocycles. The number of ketones is 1. The van der Waals surface area contributed by atoms with Crippen molar-refractivity contribution in [1.82, 2.24) is 9.13 Å². The van der Waals surface area contributed by atoms with Crippen molar-refractivity contribution in [2.75, 3.05) is 11.5 Å². The van der Waals surface area contributed by atoms with E-state index in [4.69, 9.17) is 0 Å². The zero-order valence-corrected chi connectivity index (χ0v) is 20.1. The number of imidazole rings is 1. The Hall–Kier alpha value is -3.01. The van der Waals surface area contributed by atoms with Crippen molar-refractivity contribution < 1.29 is 26.7 Å². The summed E-state index contributed by atoms with van der Waals surface area (Å²) in [7, 11) is -3.13. The van der Waals surface area contributed by atoms with Gasteiger partial charge in [0.15, 0.2) is 15.6 Å². The number of alkyl halides is 2. The van der Waals surface area contributed by atoms with Gasteiger partial charge >= 0.3 is 12.3 Å².